The molecule has 0 aromatic carbocycles. The lowest BCUT2D eigenvalue weighted by molar-refractivity contribution is -0.199. The normalized spacial score (nSPS) is 25.3. The summed E-state index contributed by atoms with van der Waals surface area (Å²) >= 11 is 0. The van der Waals surface area contributed by atoms with Crippen molar-refractivity contribution < 1.29 is 22.7 Å². The number of halogens is 3. The average molecular weight is 282 g/mol. The van der Waals surface area contributed by atoms with Gasteiger partial charge in [-0.15, -0.1) is 0 Å². The van der Waals surface area contributed by atoms with Gasteiger partial charge in [0, 0.05) is 13.1 Å². The molecule has 0 aromatic rings. The predicted octanol–water partition coefficient (Wildman–Crippen LogP) is 2.38. The van der Waals surface area contributed by atoms with Crippen LogP contribution in [0.15, 0.2) is 0 Å². The SMILES string of the molecule is CC(C)(C)OC(=O)N1CC[C@H](CN)[C@@H](C(F)(F)F)C1. The van der Waals surface area contributed by atoms with Crippen molar-refractivity contribution in [2.24, 2.45) is 17.6 Å². The van der Waals surface area contributed by atoms with E-state index in [1.807, 2.05) is 0 Å². The Labute approximate surface area is 111 Å². The molecule has 1 fully saturated rings. The number of nitrogens with two attached hydrogens (primary N) is 1. The number of hydrogen-bond acceptors (Lipinski definition) is 3. The van der Waals surface area contributed by atoms with E-state index in [0.29, 0.717) is 0 Å². The van der Waals surface area contributed by atoms with Crippen LogP contribution in [0, 0.1) is 11.8 Å². The molecule has 1 rings (SSSR count). The van der Waals surface area contributed by atoms with Crippen molar-refractivity contribution in [1.29, 1.82) is 0 Å². The van der Waals surface area contributed by atoms with Crippen molar-refractivity contribution >= 4 is 6.09 Å². The monoisotopic (exact) mass is 282 g/mol. The van der Waals surface area contributed by atoms with Crippen LogP contribution in [0.4, 0.5) is 18.0 Å². The van der Waals surface area contributed by atoms with Crippen molar-refractivity contribution in [3.8, 4) is 0 Å². The van der Waals surface area contributed by atoms with E-state index < -0.39 is 29.7 Å². The third-order valence-electron chi connectivity index (χ3n) is 3.13. The smallest absolute Gasteiger partial charge is 0.410 e. The van der Waals surface area contributed by atoms with Crippen LogP contribution < -0.4 is 5.73 Å². The molecular formula is C12H21F3N2O2. The van der Waals surface area contributed by atoms with Crippen molar-refractivity contribution in [3.63, 3.8) is 0 Å². The number of amides is 1. The lowest BCUT2D eigenvalue weighted by Crippen LogP contribution is -2.51. The van der Waals surface area contributed by atoms with E-state index in [1.165, 1.54) is 0 Å². The maximum Gasteiger partial charge on any atom is 0.410 e. The number of hydrogen-bond donors (Lipinski definition) is 1. The van der Waals surface area contributed by atoms with Gasteiger partial charge in [0.25, 0.3) is 0 Å². The minimum absolute atomic E-state index is 0.0215. The first-order valence-corrected chi connectivity index (χ1v) is 6.29. The Morgan fingerprint density at radius 1 is 1.37 bits per heavy atom. The summed E-state index contributed by atoms with van der Waals surface area (Å²) in [4.78, 5) is 12.9. The van der Waals surface area contributed by atoms with Gasteiger partial charge in [0.2, 0.25) is 0 Å². The molecule has 0 spiro atoms. The van der Waals surface area contributed by atoms with Gasteiger partial charge in [-0.3, -0.25) is 0 Å². The summed E-state index contributed by atoms with van der Waals surface area (Å²) in [5.41, 5.74) is 4.67. The van der Waals surface area contributed by atoms with E-state index in [-0.39, 0.29) is 26.1 Å². The third-order valence-corrected chi connectivity index (χ3v) is 3.13. The fraction of sp³-hybridized carbons (Fsp3) is 0.917. The molecule has 0 aromatic heterocycles. The molecule has 1 aliphatic heterocycles. The van der Waals surface area contributed by atoms with E-state index in [2.05, 4.69) is 0 Å². The van der Waals surface area contributed by atoms with Gasteiger partial charge in [-0.25, -0.2) is 4.79 Å². The Kier molecular flexibility index (Phi) is 4.71. The molecule has 7 heteroatoms. The molecule has 1 saturated heterocycles. The lowest BCUT2D eigenvalue weighted by Gasteiger charge is -2.39. The largest absolute Gasteiger partial charge is 0.444 e. The first-order chi connectivity index (χ1) is 8.54. The van der Waals surface area contributed by atoms with Gasteiger partial charge in [-0.2, -0.15) is 13.2 Å². The molecule has 19 heavy (non-hydrogen) atoms. The fourth-order valence-electron chi connectivity index (χ4n) is 2.15. The van der Waals surface area contributed by atoms with Gasteiger partial charge in [0.1, 0.15) is 5.60 Å². The van der Waals surface area contributed by atoms with Crippen LogP contribution in [0.25, 0.3) is 0 Å². The van der Waals surface area contributed by atoms with Crippen molar-refractivity contribution in [2.75, 3.05) is 19.6 Å². The van der Waals surface area contributed by atoms with Gasteiger partial charge < -0.3 is 15.4 Å². The highest BCUT2D eigenvalue weighted by molar-refractivity contribution is 5.68. The average Bonchev–Trinajstić information content (AvgIpc) is 2.24. The van der Waals surface area contributed by atoms with Crippen LogP contribution in [0.1, 0.15) is 27.2 Å². The molecule has 0 bridgehead atoms. The Morgan fingerprint density at radius 2 is 1.95 bits per heavy atom. The van der Waals surface area contributed by atoms with Gasteiger partial charge in [0.05, 0.1) is 5.92 Å². The van der Waals surface area contributed by atoms with Crippen molar-refractivity contribution in [3.05, 3.63) is 0 Å². The van der Waals surface area contributed by atoms with Crippen LogP contribution >= 0.6 is 0 Å². The van der Waals surface area contributed by atoms with Crippen LogP contribution in [-0.2, 0) is 4.74 Å². The molecule has 0 aliphatic carbocycles. The summed E-state index contributed by atoms with van der Waals surface area (Å²) in [5.74, 6) is -2.20. The summed E-state index contributed by atoms with van der Waals surface area (Å²) in [6.45, 7) is 4.90. The first-order valence-electron chi connectivity index (χ1n) is 6.29. The standard InChI is InChI=1S/C12H21F3N2O2/c1-11(2,3)19-10(18)17-5-4-8(6-16)9(7-17)12(13,14)15/h8-9H,4-7,16H2,1-3H3/t8-,9+/m1/s1. The number of carbonyl (C=O) groups excluding carboxylic acids is 1. The number of nitrogens with zero attached hydrogens (tertiary/aromatic N) is 1. The lowest BCUT2D eigenvalue weighted by atomic mass is 9.85. The maximum atomic E-state index is 12.9. The summed E-state index contributed by atoms with van der Waals surface area (Å²) in [5, 5.41) is 0. The van der Waals surface area contributed by atoms with Gasteiger partial charge in [-0.1, -0.05) is 0 Å². The summed E-state index contributed by atoms with van der Waals surface area (Å²) < 4.78 is 43.9. The van der Waals surface area contributed by atoms with Crippen molar-refractivity contribution in [1.82, 2.24) is 4.90 Å². The van der Waals surface area contributed by atoms with Gasteiger partial charge in [0.15, 0.2) is 0 Å². The van der Waals surface area contributed by atoms with Crippen LogP contribution in [0.2, 0.25) is 0 Å². The zero-order chi connectivity index (χ0) is 14.8. The van der Waals surface area contributed by atoms with E-state index in [1.54, 1.807) is 20.8 Å². The quantitative estimate of drug-likeness (QED) is 0.803. The number of carbonyl (C=O) groups is 1. The second kappa shape index (κ2) is 5.56. The minimum Gasteiger partial charge on any atom is -0.444 e. The van der Waals surface area contributed by atoms with E-state index in [9.17, 15) is 18.0 Å². The van der Waals surface area contributed by atoms with Crippen LogP contribution in [0.5, 0.6) is 0 Å². The van der Waals surface area contributed by atoms with Crippen molar-refractivity contribution in [2.45, 2.75) is 39.0 Å². The van der Waals surface area contributed by atoms with Gasteiger partial charge >= 0.3 is 12.3 Å². The molecule has 2 atom stereocenters. The van der Waals surface area contributed by atoms with Crippen LogP contribution in [-0.4, -0.2) is 42.4 Å². The summed E-state index contributed by atoms with van der Waals surface area (Å²) in [6, 6.07) is 0. The Balaban J connectivity index is 2.72. The molecule has 1 amide bonds. The zero-order valence-electron chi connectivity index (χ0n) is 11.5. The first kappa shape index (κ1) is 16.1. The molecule has 2 N–H and O–H groups in total. The molecule has 0 unspecified atom stereocenters. The minimum atomic E-state index is -4.34. The molecular weight excluding hydrogens is 261 g/mol. The predicted molar refractivity (Wildman–Crippen MR) is 64.5 cm³/mol. The maximum absolute atomic E-state index is 12.9. The van der Waals surface area contributed by atoms with Gasteiger partial charge in [-0.05, 0) is 39.7 Å². The molecule has 4 nitrogen and oxygen atoms in total. The Bertz CT molecular complexity index is 326. The fourth-order valence-corrected chi connectivity index (χ4v) is 2.15. The highest BCUT2D eigenvalue weighted by Gasteiger charge is 2.48. The summed E-state index contributed by atoms with van der Waals surface area (Å²) in [7, 11) is 0. The Hall–Kier alpha value is -0.980. The Morgan fingerprint density at radius 3 is 2.37 bits per heavy atom. The molecule has 0 saturated carbocycles. The number of piperidine rings is 1. The highest BCUT2D eigenvalue weighted by Crippen LogP contribution is 2.37. The summed E-state index contributed by atoms with van der Waals surface area (Å²) in [6.07, 6.45) is -4.79. The number of ether oxygens (including phenoxy) is 1. The number of rotatable bonds is 1. The molecule has 1 aliphatic rings. The second-order valence-electron chi connectivity index (χ2n) is 5.86. The van der Waals surface area contributed by atoms with E-state index >= 15 is 0 Å². The number of likely N-dealkylation sites (tertiary alicyclic amines) is 1. The third kappa shape index (κ3) is 4.56. The molecule has 0 radical (unpaired) electrons. The molecule has 112 valence electrons. The second-order valence-corrected chi connectivity index (χ2v) is 5.86. The number of alkyl halides is 3. The van der Waals surface area contributed by atoms with E-state index in [0.717, 1.165) is 4.90 Å². The van der Waals surface area contributed by atoms with Crippen LogP contribution in [0.3, 0.4) is 0 Å². The van der Waals surface area contributed by atoms with E-state index in [4.69, 9.17) is 10.5 Å². The molecule has 1 heterocycles. The highest BCUT2D eigenvalue weighted by atomic mass is 19.4. The zero-order valence-corrected chi connectivity index (χ0v) is 11.5. The topological polar surface area (TPSA) is 55.6 Å².